The Morgan fingerprint density at radius 1 is 0.391 bits per heavy atom. The summed E-state index contributed by atoms with van der Waals surface area (Å²) in [6.07, 6.45) is 45.3. The molecule has 2 nitrogen and oxygen atoms in total. The standard InChI is InChI=1S/C43H86O2Si/c1-6-9-12-15-18-21-24-27-30-33-36-39-46(45-43(44)42(4)5,40-37-34-31-28-25-22-19-16-13-10-7-2)41-38-35-32-29-26-23-20-17-14-11-8-3/h4,6-41H2,1-3,5H3. The van der Waals surface area contributed by atoms with Gasteiger partial charge in [-0.2, -0.15) is 0 Å². The third kappa shape index (κ3) is 30.7. The van der Waals surface area contributed by atoms with Crippen LogP contribution in [-0.2, 0) is 9.22 Å². The van der Waals surface area contributed by atoms with Crippen molar-refractivity contribution in [2.24, 2.45) is 0 Å². The summed E-state index contributed by atoms with van der Waals surface area (Å²) >= 11 is 0. The van der Waals surface area contributed by atoms with Gasteiger partial charge in [0.05, 0.1) is 0 Å². The van der Waals surface area contributed by atoms with Gasteiger partial charge < -0.3 is 4.43 Å². The molecule has 0 atom stereocenters. The summed E-state index contributed by atoms with van der Waals surface area (Å²) in [5.74, 6) is -0.0964. The third-order valence-corrected chi connectivity index (χ3v) is 14.8. The zero-order chi connectivity index (χ0) is 33.8. The molecule has 0 N–H and O–H groups in total. The van der Waals surface area contributed by atoms with E-state index in [-0.39, 0.29) is 5.97 Å². The minimum absolute atomic E-state index is 0.0964. The van der Waals surface area contributed by atoms with E-state index >= 15 is 0 Å². The van der Waals surface area contributed by atoms with Gasteiger partial charge in [-0.25, -0.2) is 4.79 Å². The normalized spacial score (nSPS) is 11.7. The van der Waals surface area contributed by atoms with Gasteiger partial charge in [0.1, 0.15) is 0 Å². The van der Waals surface area contributed by atoms with E-state index in [1.807, 2.05) is 6.92 Å². The van der Waals surface area contributed by atoms with Gasteiger partial charge in [-0.05, 0) is 25.1 Å². The summed E-state index contributed by atoms with van der Waals surface area (Å²) in [6.45, 7) is 12.7. The molecule has 0 heterocycles. The fourth-order valence-electron chi connectivity index (χ4n) is 7.15. The van der Waals surface area contributed by atoms with E-state index in [1.165, 1.54) is 230 Å². The smallest absolute Gasteiger partial charge is 0.319 e. The molecule has 0 rings (SSSR count). The van der Waals surface area contributed by atoms with Gasteiger partial charge in [0.2, 0.25) is 0 Å². The largest absolute Gasteiger partial charge is 0.516 e. The van der Waals surface area contributed by atoms with Crippen LogP contribution in [0.1, 0.15) is 240 Å². The Morgan fingerprint density at radius 2 is 0.587 bits per heavy atom. The molecule has 0 fully saturated rings. The second kappa shape index (κ2) is 35.7. The van der Waals surface area contributed by atoms with Crippen LogP contribution in [0.5, 0.6) is 0 Å². The Kier molecular flexibility index (Phi) is 35.3. The maximum atomic E-state index is 13.0. The molecule has 0 amide bonds. The van der Waals surface area contributed by atoms with E-state index in [0.717, 1.165) is 0 Å². The molecule has 0 unspecified atom stereocenters. The fourth-order valence-corrected chi connectivity index (χ4v) is 11.5. The Labute approximate surface area is 292 Å². The second-order valence-electron chi connectivity index (χ2n) is 15.2. The van der Waals surface area contributed by atoms with Crippen molar-refractivity contribution in [3.63, 3.8) is 0 Å². The molecule has 3 heteroatoms. The van der Waals surface area contributed by atoms with Crippen molar-refractivity contribution in [1.29, 1.82) is 0 Å². The van der Waals surface area contributed by atoms with Gasteiger partial charge >= 0.3 is 5.97 Å². The van der Waals surface area contributed by atoms with Crippen LogP contribution in [0, 0.1) is 0 Å². The number of carbonyl (C=O) groups excluding carboxylic acids is 1. The molecule has 0 spiro atoms. The Hall–Kier alpha value is -0.573. The predicted octanol–water partition coefficient (Wildman–Crippen LogP) is 16.0. The van der Waals surface area contributed by atoms with Crippen molar-refractivity contribution in [3.8, 4) is 0 Å². The molecule has 0 radical (unpaired) electrons. The van der Waals surface area contributed by atoms with E-state index in [1.54, 1.807) is 0 Å². The minimum Gasteiger partial charge on any atom is -0.516 e. The summed E-state index contributed by atoms with van der Waals surface area (Å²) in [6, 6.07) is 3.54. The molecule has 0 aliphatic rings. The quantitative estimate of drug-likeness (QED) is 0.0373. The average molecular weight is 663 g/mol. The predicted molar refractivity (Wildman–Crippen MR) is 210 cm³/mol. The fraction of sp³-hybridized carbons (Fsp3) is 0.930. The zero-order valence-corrected chi connectivity index (χ0v) is 33.5. The van der Waals surface area contributed by atoms with E-state index in [9.17, 15) is 4.79 Å². The lowest BCUT2D eigenvalue weighted by atomic mass is 10.1. The highest BCUT2D eigenvalue weighted by Crippen LogP contribution is 2.32. The van der Waals surface area contributed by atoms with E-state index < -0.39 is 8.32 Å². The van der Waals surface area contributed by atoms with Crippen LogP contribution in [0.25, 0.3) is 0 Å². The monoisotopic (exact) mass is 663 g/mol. The molecule has 274 valence electrons. The highest BCUT2D eigenvalue weighted by Gasteiger charge is 2.37. The maximum Gasteiger partial charge on any atom is 0.319 e. The Balaban J connectivity index is 4.74. The SMILES string of the molecule is C=C(C)C(=O)O[Si](CCCCCCCCCCCCC)(CCCCCCCCCCCCC)CCCCCCCCCCCCC. The van der Waals surface area contributed by atoms with E-state index in [0.29, 0.717) is 5.57 Å². The second-order valence-corrected chi connectivity index (χ2v) is 19.3. The van der Waals surface area contributed by atoms with Gasteiger partial charge in [-0.1, -0.05) is 239 Å². The molecule has 0 aromatic carbocycles. The van der Waals surface area contributed by atoms with Crippen LogP contribution in [0.15, 0.2) is 12.2 Å². The van der Waals surface area contributed by atoms with Crippen LogP contribution in [0.3, 0.4) is 0 Å². The minimum atomic E-state index is -2.11. The zero-order valence-electron chi connectivity index (χ0n) is 32.5. The van der Waals surface area contributed by atoms with Gasteiger partial charge in [0.15, 0.2) is 0 Å². The lowest BCUT2D eigenvalue weighted by Gasteiger charge is -2.32. The molecule has 0 aliphatic carbocycles. The number of hydrogen-bond donors (Lipinski definition) is 0. The first-order valence-corrected chi connectivity index (χ1v) is 23.9. The number of rotatable bonds is 38. The van der Waals surface area contributed by atoms with Gasteiger partial charge in [-0.3, -0.25) is 0 Å². The van der Waals surface area contributed by atoms with Gasteiger partial charge in [0.25, 0.3) is 8.32 Å². The first-order valence-electron chi connectivity index (χ1n) is 21.4. The lowest BCUT2D eigenvalue weighted by molar-refractivity contribution is -0.131. The molecular formula is C43H86O2Si. The Morgan fingerprint density at radius 3 is 0.783 bits per heavy atom. The van der Waals surface area contributed by atoms with Crippen LogP contribution in [0.2, 0.25) is 18.1 Å². The molecule has 0 saturated heterocycles. The molecule has 0 aliphatic heterocycles. The number of unbranched alkanes of at least 4 members (excludes halogenated alkanes) is 30. The summed E-state index contributed by atoms with van der Waals surface area (Å²) in [7, 11) is -2.11. The van der Waals surface area contributed by atoms with Gasteiger partial charge in [0, 0.05) is 5.57 Å². The van der Waals surface area contributed by atoms with Crippen molar-refractivity contribution in [2.75, 3.05) is 0 Å². The van der Waals surface area contributed by atoms with E-state index in [2.05, 4.69) is 27.4 Å². The van der Waals surface area contributed by atoms with Crippen molar-refractivity contribution < 1.29 is 9.22 Å². The first kappa shape index (κ1) is 45.4. The van der Waals surface area contributed by atoms with Crippen molar-refractivity contribution in [2.45, 2.75) is 258 Å². The average Bonchev–Trinajstić information content (AvgIpc) is 3.05. The summed E-state index contributed by atoms with van der Waals surface area (Å²) in [5.41, 5.74) is 0.591. The summed E-state index contributed by atoms with van der Waals surface area (Å²) < 4.78 is 6.58. The van der Waals surface area contributed by atoms with Crippen LogP contribution in [-0.4, -0.2) is 14.3 Å². The molecular weight excluding hydrogens is 577 g/mol. The summed E-state index contributed by atoms with van der Waals surface area (Å²) in [4.78, 5) is 13.0. The van der Waals surface area contributed by atoms with Crippen LogP contribution >= 0.6 is 0 Å². The highest BCUT2D eigenvalue weighted by molar-refractivity contribution is 6.75. The molecule has 0 saturated carbocycles. The molecule has 46 heavy (non-hydrogen) atoms. The van der Waals surface area contributed by atoms with Crippen molar-refractivity contribution in [3.05, 3.63) is 12.2 Å². The topological polar surface area (TPSA) is 26.3 Å². The molecule has 0 bridgehead atoms. The molecule has 0 aromatic heterocycles. The molecule has 0 aromatic rings. The highest BCUT2D eigenvalue weighted by atomic mass is 28.4. The van der Waals surface area contributed by atoms with Crippen LogP contribution < -0.4 is 0 Å². The van der Waals surface area contributed by atoms with Crippen LogP contribution in [0.4, 0.5) is 0 Å². The Bertz CT molecular complexity index is 580. The van der Waals surface area contributed by atoms with E-state index in [4.69, 9.17) is 4.43 Å². The third-order valence-electron chi connectivity index (χ3n) is 10.4. The first-order chi connectivity index (χ1) is 22.5. The van der Waals surface area contributed by atoms with Gasteiger partial charge in [-0.15, -0.1) is 0 Å². The summed E-state index contributed by atoms with van der Waals surface area (Å²) in [5, 5.41) is 0. The van der Waals surface area contributed by atoms with Crippen molar-refractivity contribution >= 4 is 14.3 Å². The lowest BCUT2D eigenvalue weighted by Crippen LogP contribution is -2.40. The number of carbonyl (C=O) groups is 1. The maximum absolute atomic E-state index is 13.0. The number of hydrogen-bond acceptors (Lipinski definition) is 2. The van der Waals surface area contributed by atoms with Crippen molar-refractivity contribution in [1.82, 2.24) is 0 Å².